The lowest BCUT2D eigenvalue weighted by Gasteiger charge is -2.12. The van der Waals surface area contributed by atoms with E-state index >= 15 is 0 Å². The molecule has 3 aromatic rings. The van der Waals surface area contributed by atoms with Gasteiger partial charge in [0.05, 0.1) is 6.61 Å². The third-order valence-electron chi connectivity index (χ3n) is 3.44. The maximum atomic E-state index is 11.9. The van der Waals surface area contributed by atoms with Crippen molar-refractivity contribution in [1.82, 2.24) is 0 Å². The summed E-state index contributed by atoms with van der Waals surface area (Å²) in [5.74, 6) is 0.406. The molecule has 3 nitrogen and oxygen atoms in total. The van der Waals surface area contributed by atoms with Crippen LogP contribution in [-0.2, 0) is 4.74 Å². The van der Waals surface area contributed by atoms with E-state index in [0.717, 1.165) is 28.0 Å². The second-order valence-corrected chi connectivity index (χ2v) is 6.01. The molecule has 0 saturated heterocycles. The Hall–Kier alpha value is -1.97. The fourth-order valence-electron chi connectivity index (χ4n) is 2.42. The summed E-state index contributed by atoms with van der Waals surface area (Å²) in [6.07, 6.45) is -0.0103. The summed E-state index contributed by atoms with van der Waals surface area (Å²) < 4.78 is 10.5. The van der Waals surface area contributed by atoms with Crippen molar-refractivity contribution in [2.24, 2.45) is 0 Å². The second kappa shape index (κ2) is 6.65. The monoisotopic (exact) mass is 348 g/mol. The average Bonchev–Trinajstić information content (AvgIpc) is 2.53. The van der Waals surface area contributed by atoms with E-state index in [1.165, 1.54) is 0 Å². The number of carbonyl (C=O) groups excluding carboxylic acids is 1. The number of hydrogen-bond acceptors (Lipinski definition) is 3. The van der Waals surface area contributed by atoms with Crippen molar-refractivity contribution < 1.29 is 14.3 Å². The van der Waals surface area contributed by atoms with Crippen LogP contribution in [0.3, 0.4) is 0 Å². The van der Waals surface area contributed by atoms with Crippen molar-refractivity contribution in [3.63, 3.8) is 0 Å². The minimum Gasteiger partial charge on any atom is -0.434 e. The molecule has 23 heavy (non-hydrogen) atoms. The largest absolute Gasteiger partial charge is 0.513 e. The van der Waals surface area contributed by atoms with Crippen LogP contribution in [0.4, 0.5) is 4.79 Å². The zero-order valence-corrected chi connectivity index (χ0v) is 13.9. The molecule has 3 aromatic carbocycles. The Kier molecular flexibility index (Phi) is 4.60. The van der Waals surface area contributed by atoms with Crippen LogP contribution in [0.15, 0.2) is 42.5 Å². The fraction of sp³-hybridized carbons (Fsp3) is 0.167. The Labute approximate surface area is 143 Å². The van der Waals surface area contributed by atoms with Crippen molar-refractivity contribution in [3.8, 4) is 5.75 Å². The highest BCUT2D eigenvalue weighted by atomic mass is 35.5. The SMILES string of the molecule is CCCOC(=O)Oc1c2cc(Cl)ccc2cc2ccc(Cl)cc12. The molecule has 0 unspecified atom stereocenters. The highest BCUT2D eigenvalue weighted by Gasteiger charge is 2.15. The first-order valence-electron chi connectivity index (χ1n) is 7.24. The third kappa shape index (κ3) is 3.36. The predicted octanol–water partition coefficient (Wildman–Crippen LogP) is 6.23. The van der Waals surface area contributed by atoms with Crippen LogP contribution < -0.4 is 4.74 Å². The molecule has 0 radical (unpaired) electrons. The number of ether oxygens (including phenoxy) is 2. The van der Waals surface area contributed by atoms with Crippen LogP contribution in [0.2, 0.25) is 10.0 Å². The smallest absolute Gasteiger partial charge is 0.434 e. The van der Waals surface area contributed by atoms with E-state index in [1.54, 1.807) is 24.3 Å². The van der Waals surface area contributed by atoms with E-state index in [0.29, 0.717) is 22.4 Å². The van der Waals surface area contributed by atoms with E-state index in [-0.39, 0.29) is 0 Å². The molecule has 3 rings (SSSR count). The maximum Gasteiger partial charge on any atom is 0.513 e. The normalized spacial score (nSPS) is 10.9. The van der Waals surface area contributed by atoms with Crippen LogP contribution in [0, 0.1) is 0 Å². The van der Waals surface area contributed by atoms with Crippen molar-refractivity contribution in [2.75, 3.05) is 6.61 Å². The average molecular weight is 349 g/mol. The van der Waals surface area contributed by atoms with Gasteiger partial charge in [-0.05, 0) is 47.5 Å². The third-order valence-corrected chi connectivity index (χ3v) is 3.91. The molecule has 0 heterocycles. The van der Waals surface area contributed by atoms with Gasteiger partial charge < -0.3 is 9.47 Å². The van der Waals surface area contributed by atoms with E-state index in [1.807, 2.05) is 25.1 Å². The number of hydrogen-bond donors (Lipinski definition) is 0. The molecule has 0 saturated carbocycles. The second-order valence-electron chi connectivity index (χ2n) is 5.14. The summed E-state index contributed by atoms with van der Waals surface area (Å²) in [7, 11) is 0. The first-order valence-corrected chi connectivity index (χ1v) is 8.00. The molecule has 0 bridgehead atoms. The summed E-state index contributed by atoms with van der Waals surface area (Å²) in [4.78, 5) is 11.9. The molecule has 0 spiro atoms. The molecule has 0 atom stereocenters. The predicted molar refractivity (Wildman–Crippen MR) is 93.7 cm³/mol. The number of fused-ring (bicyclic) bond motifs is 2. The quantitative estimate of drug-likeness (QED) is 0.320. The summed E-state index contributed by atoms with van der Waals surface area (Å²) >= 11 is 12.2. The van der Waals surface area contributed by atoms with E-state index in [9.17, 15) is 4.79 Å². The lowest BCUT2D eigenvalue weighted by molar-refractivity contribution is 0.100. The van der Waals surface area contributed by atoms with Gasteiger partial charge in [-0.1, -0.05) is 42.3 Å². The van der Waals surface area contributed by atoms with Crippen molar-refractivity contribution in [3.05, 3.63) is 52.5 Å². The zero-order valence-electron chi connectivity index (χ0n) is 12.4. The molecular formula is C18H14Cl2O3. The highest BCUT2D eigenvalue weighted by Crippen LogP contribution is 2.37. The highest BCUT2D eigenvalue weighted by molar-refractivity contribution is 6.32. The molecule has 5 heteroatoms. The van der Waals surface area contributed by atoms with E-state index in [2.05, 4.69) is 0 Å². The first kappa shape index (κ1) is 15.9. The Morgan fingerprint density at radius 1 is 0.957 bits per heavy atom. The molecule has 0 fully saturated rings. The molecule has 118 valence electrons. The fourth-order valence-corrected chi connectivity index (χ4v) is 2.77. The number of halogens is 2. The Balaban J connectivity index is 2.21. The van der Waals surface area contributed by atoms with Crippen LogP contribution in [0.1, 0.15) is 13.3 Å². The van der Waals surface area contributed by atoms with Gasteiger partial charge in [-0.2, -0.15) is 0 Å². The van der Waals surface area contributed by atoms with E-state index in [4.69, 9.17) is 32.7 Å². The van der Waals surface area contributed by atoms with Crippen molar-refractivity contribution in [2.45, 2.75) is 13.3 Å². The summed E-state index contributed by atoms with van der Waals surface area (Å²) in [5.41, 5.74) is 0. The number of benzene rings is 3. The lowest BCUT2D eigenvalue weighted by Crippen LogP contribution is -2.11. The number of rotatable bonds is 3. The molecule has 0 aliphatic carbocycles. The van der Waals surface area contributed by atoms with Gasteiger partial charge in [0.1, 0.15) is 5.75 Å². The van der Waals surface area contributed by atoms with Gasteiger partial charge in [0.15, 0.2) is 0 Å². The summed E-state index contributed by atoms with van der Waals surface area (Å²) in [6, 6.07) is 12.9. The molecule has 0 aliphatic heterocycles. The Bertz CT molecular complexity index is 830. The van der Waals surface area contributed by atoms with Crippen molar-refractivity contribution >= 4 is 50.9 Å². The van der Waals surface area contributed by atoms with Crippen LogP contribution in [0.25, 0.3) is 21.5 Å². The van der Waals surface area contributed by atoms with Gasteiger partial charge in [-0.25, -0.2) is 4.79 Å². The number of carbonyl (C=O) groups is 1. The lowest BCUT2D eigenvalue weighted by atomic mass is 10.0. The molecule has 0 aromatic heterocycles. The molecule has 0 N–H and O–H groups in total. The minimum atomic E-state index is -0.736. The summed E-state index contributed by atoms with van der Waals surface area (Å²) in [6.45, 7) is 2.23. The Morgan fingerprint density at radius 2 is 1.52 bits per heavy atom. The topological polar surface area (TPSA) is 35.5 Å². The minimum absolute atomic E-state index is 0.309. The van der Waals surface area contributed by atoms with Gasteiger partial charge in [0.2, 0.25) is 0 Å². The first-order chi connectivity index (χ1) is 11.1. The molecule has 0 aliphatic rings. The van der Waals surface area contributed by atoms with Crippen LogP contribution >= 0.6 is 23.2 Å². The van der Waals surface area contributed by atoms with Gasteiger partial charge >= 0.3 is 6.16 Å². The summed E-state index contributed by atoms with van der Waals surface area (Å²) in [5, 5.41) is 4.43. The van der Waals surface area contributed by atoms with Crippen molar-refractivity contribution in [1.29, 1.82) is 0 Å². The Morgan fingerprint density at radius 3 is 2.04 bits per heavy atom. The van der Waals surface area contributed by atoms with Gasteiger partial charge in [-0.15, -0.1) is 0 Å². The maximum absolute atomic E-state index is 11.9. The molecular weight excluding hydrogens is 335 g/mol. The molecule has 0 amide bonds. The standard InChI is InChI=1S/C18H14Cl2O3/c1-2-7-22-18(21)23-17-15-9-13(19)5-3-11(15)8-12-4-6-14(20)10-16(12)17/h3-6,8-10H,2,7H2,1H3. The van der Waals surface area contributed by atoms with Gasteiger partial charge in [0, 0.05) is 20.8 Å². The van der Waals surface area contributed by atoms with Crippen LogP contribution in [-0.4, -0.2) is 12.8 Å². The van der Waals surface area contributed by atoms with E-state index < -0.39 is 6.16 Å². The van der Waals surface area contributed by atoms with Gasteiger partial charge in [0.25, 0.3) is 0 Å². The van der Waals surface area contributed by atoms with Crippen LogP contribution in [0.5, 0.6) is 5.75 Å². The van der Waals surface area contributed by atoms with Gasteiger partial charge in [-0.3, -0.25) is 0 Å². The zero-order chi connectivity index (χ0) is 16.4.